The highest BCUT2D eigenvalue weighted by Gasteiger charge is 2.14. The molecule has 0 aliphatic heterocycles. The summed E-state index contributed by atoms with van der Waals surface area (Å²) < 4.78 is 17.3. The van der Waals surface area contributed by atoms with Gasteiger partial charge in [-0.1, -0.05) is 0 Å². The number of aromatic nitrogens is 1. The summed E-state index contributed by atoms with van der Waals surface area (Å²) in [4.78, 5) is 13.8. The SMILES string of the molecule is COc1c(F)cncc1C(=O)O. The lowest BCUT2D eigenvalue weighted by Crippen LogP contribution is -2.03. The van der Waals surface area contributed by atoms with Crippen LogP contribution in [0.25, 0.3) is 0 Å². The van der Waals surface area contributed by atoms with E-state index in [1.807, 2.05) is 0 Å². The Balaban J connectivity index is 3.27. The molecule has 0 aliphatic rings. The molecule has 0 atom stereocenters. The van der Waals surface area contributed by atoms with Crippen molar-refractivity contribution in [2.45, 2.75) is 0 Å². The zero-order chi connectivity index (χ0) is 9.14. The number of nitrogens with zero attached hydrogens (tertiary/aromatic N) is 1. The summed E-state index contributed by atoms with van der Waals surface area (Å²) in [6.45, 7) is 0. The highest BCUT2D eigenvalue weighted by Crippen LogP contribution is 2.20. The Labute approximate surface area is 67.6 Å². The molecule has 0 radical (unpaired) electrons. The smallest absolute Gasteiger partial charge is 0.341 e. The standard InChI is InChI=1S/C7H6FNO3/c1-12-6-4(7(10)11)2-9-3-5(6)8/h2-3H,1H3,(H,10,11). The van der Waals surface area contributed by atoms with Crippen molar-refractivity contribution in [2.24, 2.45) is 0 Å². The number of hydrogen-bond acceptors (Lipinski definition) is 3. The van der Waals surface area contributed by atoms with Gasteiger partial charge in [0, 0.05) is 6.20 Å². The second kappa shape index (κ2) is 3.17. The summed E-state index contributed by atoms with van der Waals surface area (Å²) in [6, 6.07) is 0. The van der Waals surface area contributed by atoms with Crippen molar-refractivity contribution >= 4 is 5.97 Å². The van der Waals surface area contributed by atoms with E-state index in [0.717, 1.165) is 12.4 Å². The average Bonchev–Trinajstić information content (AvgIpc) is 2.03. The van der Waals surface area contributed by atoms with E-state index in [9.17, 15) is 9.18 Å². The highest BCUT2D eigenvalue weighted by molar-refractivity contribution is 5.90. The molecular formula is C7H6FNO3. The minimum atomic E-state index is -1.26. The van der Waals surface area contributed by atoms with Crippen LogP contribution in [0, 0.1) is 5.82 Å². The van der Waals surface area contributed by atoms with Gasteiger partial charge >= 0.3 is 5.97 Å². The average molecular weight is 171 g/mol. The summed E-state index contributed by atoms with van der Waals surface area (Å²) in [5, 5.41) is 8.53. The quantitative estimate of drug-likeness (QED) is 0.718. The minimum absolute atomic E-state index is 0.280. The second-order valence-electron chi connectivity index (χ2n) is 2.01. The number of aromatic carboxylic acids is 1. The first kappa shape index (κ1) is 8.45. The molecule has 4 nitrogen and oxygen atoms in total. The zero-order valence-corrected chi connectivity index (χ0v) is 6.24. The van der Waals surface area contributed by atoms with Gasteiger partial charge in [-0.3, -0.25) is 4.98 Å². The van der Waals surface area contributed by atoms with Gasteiger partial charge in [-0.25, -0.2) is 9.18 Å². The number of ether oxygens (including phenoxy) is 1. The molecule has 1 aromatic heterocycles. The molecule has 0 aliphatic carbocycles. The first-order chi connectivity index (χ1) is 5.66. The van der Waals surface area contributed by atoms with E-state index in [2.05, 4.69) is 9.72 Å². The van der Waals surface area contributed by atoms with Crippen LogP contribution in [0.4, 0.5) is 4.39 Å². The van der Waals surface area contributed by atoms with Gasteiger partial charge in [0.2, 0.25) is 0 Å². The van der Waals surface area contributed by atoms with E-state index >= 15 is 0 Å². The van der Waals surface area contributed by atoms with Crippen LogP contribution in [0.5, 0.6) is 5.75 Å². The van der Waals surface area contributed by atoms with Gasteiger partial charge in [-0.05, 0) is 0 Å². The van der Waals surface area contributed by atoms with Gasteiger partial charge in [0.05, 0.1) is 13.3 Å². The van der Waals surface area contributed by atoms with Crippen LogP contribution in [0.2, 0.25) is 0 Å². The molecule has 64 valence electrons. The van der Waals surface area contributed by atoms with Gasteiger partial charge in [0.15, 0.2) is 11.6 Å². The maximum atomic E-state index is 12.8. The third kappa shape index (κ3) is 1.34. The molecule has 1 heterocycles. The van der Waals surface area contributed by atoms with Gasteiger partial charge < -0.3 is 9.84 Å². The number of methoxy groups -OCH3 is 1. The summed E-state index contributed by atoms with van der Waals surface area (Å²) in [5.41, 5.74) is -0.280. The lowest BCUT2D eigenvalue weighted by molar-refractivity contribution is 0.0691. The van der Waals surface area contributed by atoms with Crippen molar-refractivity contribution in [3.05, 3.63) is 23.8 Å². The van der Waals surface area contributed by atoms with E-state index in [1.54, 1.807) is 0 Å². The van der Waals surface area contributed by atoms with Crippen LogP contribution in [0.3, 0.4) is 0 Å². The van der Waals surface area contributed by atoms with Crippen LogP contribution in [-0.4, -0.2) is 23.2 Å². The summed E-state index contributed by atoms with van der Waals surface area (Å²) in [6.07, 6.45) is 1.93. The van der Waals surface area contributed by atoms with Crippen molar-refractivity contribution in [3.63, 3.8) is 0 Å². The Bertz CT molecular complexity index is 314. The van der Waals surface area contributed by atoms with Gasteiger partial charge in [0.1, 0.15) is 5.56 Å². The topological polar surface area (TPSA) is 59.4 Å². The van der Waals surface area contributed by atoms with Crippen LogP contribution in [0.1, 0.15) is 10.4 Å². The fourth-order valence-electron chi connectivity index (χ4n) is 0.783. The zero-order valence-electron chi connectivity index (χ0n) is 6.24. The molecule has 0 fully saturated rings. The predicted molar refractivity (Wildman–Crippen MR) is 37.7 cm³/mol. The number of rotatable bonds is 2. The van der Waals surface area contributed by atoms with E-state index in [0.29, 0.717) is 0 Å². The van der Waals surface area contributed by atoms with Crippen LogP contribution in [-0.2, 0) is 0 Å². The number of carboxylic acid groups (broad SMARTS) is 1. The highest BCUT2D eigenvalue weighted by atomic mass is 19.1. The third-order valence-electron chi connectivity index (χ3n) is 1.29. The molecule has 1 aromatic rings. The van der Waals surface area contributed by atoms with Gasteiger partial charge in [-0.2, -0.15) is 0 Å². The van der Waals surface area contributed by atoms with E-state index in [4.69, 9.17) is 5.11 Å². The summed E-state index contributed by atoms with van der Waals surface area (Å²) >= 11 is 0. The number of carboxylic acids is 1. The molecular weight excluding hydrogens is 165 g/mol. The number of carbonyl (C=O) groups is 1. The van der Waals surface area contributed by atoms with Crippen LogP contribution < -0.4 is 4.74 Å². The molecule has 0 bridgehead atoms. The first-order valence-electron chi connectivity index (χ1n) is 3.07. The molecule has 0 amide bonds. The maximum Gasteiger partial charge on any atom is 0.341 e. The molecule has 0 unspecified atom stereocenters. The predicted octanol–water partition coefficient (Wildman–Crippen LogP) is 0.927. The fraction of sp³-hybridized carbons (Fsp3) is 0.143. The first-order valence-corrected chi connectivity index (χ1v) is 3.07. The normalized spacial score (nSPS) is 9.50. The molecule has 0 spiro atoms. The lowest BCUT2D eigenvalue weighted by Gasteiger charge is -2.03. The Morgan fingerprint density at radius 2 is 2.33 bits per heavy atom. The van der Waals surface area contributed by atoms with E-state index < -0.39 is 11.8 Å². The van der Waals surface area contributed by atoms with Crippen molar-refractivity contribution in [1.29, 1.82) is 0 Å². The lowest BCUT2D eigenvalue weighted by atomic mass is 10.2. The van der Waals surface area contributed by atoms with Gasteiger partial charge in [0.25, 0.3) is 0 Å². The summed E-state index contributed by atoms with van der Waals surface area (Å²) in [5.74, 6) is -2.34. The third-order valence-corrected chi connectivity index (χ3v) is 1.29. The number of halogens is 1. The summed E-state index contributed by atoms with van der Waals surface area (Å²) in [7, 11) is 1.20. The Morgan fingerprint density at radius 1 is 1.67 bits per heavy atom. The molecule has 1 rings (SSSR count). The van der Waals surface area contributed by atoms with Crippen LogP contribution in [0.15, 0.2) is 12.4 Å². The number of hydrogen-bond donors (Lipinski definition) is 1. The molecule has 0 saturated heterocycles. The Kier molecular flexibility index (Phi) is 2.23. The van der Waals surface area contributed by atoms with Crippen molar-refractivity contribution in [3.8, 4) is 5.75 Å². The maximum absolute atomic E-state index is 12.8. The second-order valence-corrected chi connectivity index (χ2v) is 2.01. The number of pyridine rings is 1. The molecule has 1 N–H and O–H groups in total. The molecule has 5 heteroatoms. The molecule has 0 saturated carbocycles. The minimum Gasteiger partial charge on any atom is -0.493 e. The van der Waals surface area contributed by atoms with Crippen molar-refractivity contribution in [1.82, 2.24) is 4.98 Å². The Morgan fingerprint density at radius 3 is 2.75 bits per heavy atom. The molecule has 0 aromatic carbocycles. The van der Waals surface area contributed by atoms with Crippen molar-refractivity contribution < 1.29 is 19.0 Å². The monoisotopic (exact) mass is 171 g/mol. The Hall–Kier alpha value is -1.65. The van der Waals surface area contributed by atoms with Crippen LogP contribution >= 0.6 is 0 Å². The molecule has 12 heavy (non-hydrogen) atoms. The van der Waals surface area contributed by atoms with Crippen molar-refractivity contribution in [2.75, 3.05) is 7.11 Å². The van der Waals surface area contributed by atoms with Gasteiger partial charge in [-0.15, -0.1) is 0 Å². The fourth-order valence-corrected chi connectivity index (χ4v) is 0.783. The van der Waals surface area contributed by atoms with E-state index in [-0.39, 0.29) is 11.3 Å². The largest absolute Gasteiger partial charge is 0.493 e. The van der Waals surface area contributed by atoms with E-state index in [1.165, 1.54) is 7.11 Å².